The van der Waals surface area contributed by atoms with Crippen molar-refractivity contribution in [1.29, 1.82) is 0 Å². The van der Waals surface area contributed by atoms with Crippen molar-refractivity contribution in [3.63, 3.8) is 0 Å². The second-order valence-electron chi connectivity index (χ2n) is 6.32. The predicted molar refractivity (Wildman–Crippen MR) is 108 cm³/mol. The van der Waals surface area contributed by atoms with Crippen molar-refractivity contribution >= 4 is 46.7 Å². The molecule has 2 heterocycles. The first-order valence-corrected chi connectivity index (χ1v) is 9.61. The molecule has 144 valence electrons. The fourth-order valence-electron chi connectivity index (χ4n) is 3.22. The molecule has 0 spiro atoms. The van der Waals surface area contributed by atoms with Crippen LogP contribution in [0.15, 0.2) is 29.3 Å². The average molecular weight is 388 g/mol. The lowest BCUT2D eigenvalue weighted by molar-refractivity contribution is -0.143. The highest BCUT2D eigenvalue weighted by Crippen LogP contribution is 2.22. The summed E-state index contributed by atoms with van der Waals surface area (Å²) in [6, 6.07) is 7.76. The summed E-state index contributed by atoms with van der Waals surface area (Å²) in [4.78, 5) is 34.7. The van der Waals surface area contributed by atoms with E-state index in [0.717, 1.165) is 32.0 Å². The number of hydrogen-bond donors (Lipinski definition) is 0. The Morgan fingerprint density at radius 2 is 1.63 bits per heavy atom. The number of ether oxygens (including phenoxy) is 1. The summed E-state index contributed by atoms with van der Waals surface area (Å²) in [6.45, 7) is 7.74. The molecule has 1 aromatic rings. The van der Waals surface area contributed by atoms with Gasteiger partial charge in [-0.05, 0) is 50.3 Å². The molecule has 0 aromatic heterocycles. The fraction of sp³-hybridized carbons (Fsp3) is 0.474. The van der Waals surface area contributed by atoms with E-state index in [0.29, 0.717) is 18.8 Å². The molecule has 0 aliphatic carbocycles. The lowest BCUT2D eigenvalue weighted by Gasteiger charge is -2.37. The molecular weight excluding hydrogens is 364 g/mol. The van der Waals surface area contributed by atoms with E-state index in [9.17, 15) is 9.59 Å². The van der Waals surface area contributed by atoms with Gasteiger partial charge in [0, 0.05) is 38.1 Å². The van der Waals surface area contributed by atoms with Crippen LogP contribution in [0.4, 0.5) is 11.4 Å². The molecule has 3 rings (SSSR count). The van der Waals surface area contributed by atoms with Gasteiger partial charge < -0.3 is 9.64 Å². The second-order valence-corrected chi connectivity index (χ2v) is 6.68. The summed E-state index contributed by atoms with van der Waals surface area (Å²) in [5, 5.41) is 0.273. The summed E-state index contributed by atoms with van der Waals surface area (Å²) >= 11 is 5.26. The van der Waals surface area contributed by atoms with E-state index in [1.807, 2.05) is 38.1 Å². The Morgan fingerprint density at radius 3 is 2.15 bits per heavy atom. The monoisotopic (exact) mass is 388 g/mol. The fourth-order valence-corrected chi connectivity index (χ4v) is 3.66. The van der Waals surface area contributed by atoms with Gasteiger partial charge in [-0.2, -0.15) is 0 Å². The Kier molecular flexibility index (Phi) is 6.18. The van der Waals surface area contributed by atoms with E-state index in [1.54, 1.807) is 0 Å². The highest BCUT2D eigenvalue weighted by molar-refractivity contribution is 7.80. The number of carbonyl (C=O) groups excluding carboxylic acids is 2. The molecule has 2 fully saturated rings. The Hall–Kier alpha value is -2.32. The quantitative estimate of drug-likeness (QED) is 0.437. The molecule has 2 amide bonds. The minimum absolute atomic E-state index is 0.273. The first-order valence-electron chi connectivity index (χ1n) is 9.20. The van der Waals surface area contributed by atoms with E-state index < -0.39 is 5.92 Å². The third-order valence-electron chi connectivity index (χ3n) is 4.76. The normalized spacial score (nSPS) is 19.5. The third-order valence-corrected chi connectivity index (χ3v) is 5.20. The summed E-state index contributed by atoms with van der Waals surface area (Å²) in [5.74, 6) is -1.56. The van der Waals surface area contributed by atoms with Crippen molar-refractivity contribution in [2.24, 2.45) is 10.9 Å². The minimum atomic E-state index is -0.935. The maximum absolute atomic E-state index is 12.6. The van der Waals surface area contributed by atoms with E-state index in [2.05, 4.69) is 9.89 Å². The molecule has 0 radical (unpaired) electrons. The zero-order valence-corrected chi connectivity index (χ0v) is 16.4. The summed E-state index contributed by atoms with van der Waals surface area (Å²) < 4.78 is 5.37. The molecule has 1 aromatic carbocycles. The molecule has 0 saturated carbocycles. The van der Waals surface area contributed by atoms with Gasteiger partial charge in [0.2, 0.25) is 11.8 Å². The smallest absolute Gasteiger partial charge is 0.246 e. The largest absolute Gasteiger partial charge is 0.378 e. The van der Waals surface area contributed by atoms with E-state index in [1.165, 1.54) is 16.0 Å². The molecule has 7 nitrogen and oxygen atoms in total. The van der Waals surface area contributed by atoms with Crippen molar-refractivity contribution in [2.75, 3.05) is 44.3 Å². The van der Waals surface area contributed by atoms with Gasteiger partial charge >= 0.3 is 0 Å². The van der Waals surface area contributed by atoms with Gasteiger partial charge in [0.25, 0.3) is 0 Å². The standard InChI is InChI=1S/C19H24N4O3S/c1-3-22-17(24)16(18(25)23(4-2)19(22)27)13-20-14-5-7-15(8-6-14)21-9-11-26-12-10-21/h5-8,13,16H,3-4,9-12H2,1-2H3. The molecule has 2 aliphatic rings. The number of amides is 2. The third kappa shape index (κ3) is 4.01. The number of rotatable bonds is 5. The predicted octanol–water partition coefficient (Wildman–Crippen LogP) is 1.84. The van der Waals surface area contributed by atoms with Crippen LogP contribution in [0.5, 0.6) is 0 Å². The molecular formula is C19H24N4O3S. The van der Waals surface area contributed by atoms with Crippen LogP contribution in [0.1, 0.15) is 13.8 Å². The van der Waals surface area contributed by atoms with Gasteiger partial charge in [-0.15, -0.1) is 0 Å². The molecule has 0 bridgehead atoms. The zero-order valence-electron chi connectivity index (χ0n) is 15.6. The summed E-state index contributed by atoms with van der Waals surface area (Å²) in [5.41, 5.74) is 1.81. The van der Waals surface area contributed by atoms with Gasteiger partial charge in [-0.25, -0.2) is 0 Å². The molecule has 8 heteroatoms. The van der Waals surface area contributed by atoms with Crippen LogP contribution in [0.3, 0.4) is 0 Å². The van der Waals surface area contributed by atoms with Crippen LogP contribution in [0.2, 0.25) is 0 Å². The molecule has 27 heavy (non-hydrogen) atoms. The van der Waals surface area contributed by atoms with Crippen molar-refractivity contribution in [3.05, 3.63) is 24.3 Å². The van der Waals surface area contributed by atoms with Crippen molar-refractivity contribution in [1.82, 2.24) is 9.80 Å². The SMILES string of the molecule is CCN1C(=O)C(C=Nc2ccc(N3CCOCC3)cc2)C(=O)N(CC)C1=S. The van der Waals surface area contributed by atoms with Gasteiger partial charge in [0.05, 0.1) is 18.9 Å². The van der Waals surface area contributed by atoms with Crippen LogP contribution >= 0.6 is 12.2 Å². The number of carbonyl (C=O) groups is 2. The number of morpholine rings is 1. The highest BCUT2D eigenvalue weighted by Gasteiger charge is 2.41. The Labute approximate surface area is 164 Å². The van der Waals surface area contributed by atoms with Crippen molar-refractivity contribution < 1.29 is 14.3 Å². The number of aliphatic imine (C=N–C) groups is 1. The minimum Gasteiger partial charge on any atom is -0.378 e. The van der Waals surface area contributed by atoms with E-state index in [-0.39, 0.29) is 16.9 Å². The van der Waals surface area contributed by atoms with Gasteiger partial charge in [0.1, 0.15) is 0 Å². The highest BCUT2D eigenvalue weighted by atomic mass is 32.1. The molecule has 0 N–H and O–H groups in total. The van der Waals surface area contributed by atoms with Crippen LogP contribution in [0, 0.1) is 5.92 Å². The second kappa shape index (κ2) is 8.58. The van der Waals surface area contributed by atoms with Crippen LogP contribution in [-0.4, -0.2) is 72.3 Å². The number of hydrogen-bond acceptors (Lipinski definition) is 6. The summed E-state index contributed by atoms with van der Waals surface area (Å²) in [6.07, 6.45) is 1.43. The molecule has 0 unspecified atom stereocenters. The van der Waals surface area contributed by atoms with Crippen molar-refractivity contribution in [3.8, 4) is 0 Å². The Morgan fingerprint density at radius 1 is 1.07 bits per heavy atom. The number of anilines is 1. The van der Waals surface area contributed by atoms with E-state index in [4.69, 9.17) is 17.0 Å². The first-order chi connectivity index (χ1) is 13.1. The van der Waals surface area contributed by atoms with Gasteiger partial charge in [-0.1, -0.05) is 0 Å². The molecule has 0 atom stereocenters. The molecule has 2 aliphatic heterocycles. The van der Waals surface area contributed by atoms with Gasteiger partial charge in [0.15, 0.2) is 11.0 Å². The maximum atomic E-state index is 12.6. The number of benzene rings is 1. The number of thiocarbonyl (C=S) groups is 1. The maximum Gasteiger partial charge on any atom is 0.246 e. The van der Waals surface area contributed by atoms with Crippen LogP contribution in [0.25, 0.3) is 0 Å². The first kappa shape index (κ1) is 19.4. The Balaban J connectivity index is 1.74. The van der Waals surface area contributed by atoms with Crippen LogP contribution < -0.4 is 4.90 Å². The van der Waals surface area contributed by atoms with Crippen LogP contribution in [-0.2, 0) is 14.3 Å². The topological polar surface area (TPSA) is 65.5 Å². The lowest BCUT2D eigenvalue weighted by atomic mass is 10.1. The van der Waals surface area contributed by atoms with Gasteiger partial charge in [-0.3, -0.25) is 24.4 Å². The van der Waals surface area contributed by atoms with Crippen molar-refractivity contribution in [2.45, 2.75) is 13.8 Å². The van der Waals surface area contributed by atoms with E-state index >= 15 is 0 Å². The summed E-state index contributed by atoms with van der Waals surface area (Å²) in [7, 11) is 0. The molecule has 2 saturated heterocycles. The Bertz CT molecular complexity index is 718. The number of nitrogens with zero attached hydrogens (tertiary/aromatic N) is 4. The lowest BCUT2D eigenvalue weighted by Crippen LogP contribution is -2.59. The average Bonchev–Trinajstić information content (AvgIpc) is 2.70. The zero-order chi connectivity index (χ0) is 19.4.